The number of halogens is 2. The topological polar surface area (TPSA) is 67.8 Å². The van der Waals surface area contributed by atoms with Gasteiger partial charge >= 0.3 is 0 Å². The molecule has 5 nitrogen and oxygen atoms in total. The Morgan fingerprint density at radius 1 is 1.25 bits per heavy atom. The van der Waals surface area contributed by atoms with Crippen molar-refractivity contribution >= 4 is 43.8 Å². The molecule has 0 saturated heterocycles. The van der Waals surface area contributed by atoms with Crippen molar-refractivity contribution in [1.29, 1.82) is 0 Å². The van der Waals surface area contributed by atoms with Crippen molar-refractivity contribution in [3.8, 4) is 5.75 Å². The summed E-state index contributed by atoms with van der Waals surface area (Å²) in [6, 6.07) is 11.3. The van der Waals surface area contributed by atoms with E-state index in [0.717, 1.165) is 10.9 Å². The second-order valence-corrected chi connectivity index (χ2v) is 7.85. The van der Waals surface area contributed by atoms with Crippen LogP contribution in [0.2, 0.25) is 5.02 Å². The van der Waals surface area contributed by atoms with Crippen molar-refractivity contribution in [1.82, 2.24) is 4.83 Å². The zero-order chi connectivity index (χ0) is 17.6. The van der Waals surface area contributed by atoms with Gasteiger partial charge in [0, 0.05) is 15.1 Å². The van der Waals surface area contributed by atoms with Crippen molar-refractivity contribution in [2.45, 2.75) is 18.2 Å². The van der Waals surface area contributed by atoms with Gasteiger partial charge in [-0.15, -0.1) is 0 Å². The van der Waals surface area contributed by atoms with E-state index >= 15 is 0 Å². The lowest BCUT2D eigenvalue weighted by Gasteiger charge is -2.08. The predicted octanol–water partition coefficient (Wildman–Crippen LogP) is 4.20. The first kappa shape index (κ1) is 18.8. The zero-order valence-electron chi connectivity index (χ0n) is 12.9. The molecular weight excluding hydrogens is 416 g/mol. The molecule has 0 radical (unpaired) electrons. The van der Waals surface area contributed by atoms with Crippen LogP contribution in [0, 0.1) is 0 Å². The van der Waals surface area contributed by atoms with Gasteiger partial charge in [0.15, 0.2) is 0 Å². The van der Waals surface area contributed by atoms with E-state index in [4.69, 9.17) is 16.3 Å². The number of hydrazone groups is 1. The summed E-state index contributed by atoms with van der Waals surface area (Å²) in [5, 5.41) is 4.29. The average Bonchev–Trinajstić information content (AvgIpc) is 2.54. The summed E-state index contributed by atoms with van der Waals surface area (Å²) in [4.78, 5) is 2.26. The standard InChI is InChI=1S/C16H16BrClN2O3S/c1-2-9-23-16-8-3-13(17)10-12(16)11-19-20-24(21,22)15-6-4-14(18)5-7-15/h3-8,10-11,20H,2,9H2,1H3/b19-11+. The molecule has 0 aliphatic rings. The lowest BCUT2D eigenvalue weighted by Crippen LogP contribution is -2.18. The highest BCUT2D eigenvalue weighted by Crippen LogP contribution is 2.22. The van der Waals surface area contributed by atoms with Crippen LogP contribution in [-0.2, 0) is 10.0 Å². The Labute approximate surface area is 154 Å². The summed E-state index contributed by atoms with van der Waals surface area (Å²) in [7, 11) is -3.75. The molecule has 0 saturated carbocycles. The Morgan fingerprint density at radius 2 is 1.96 bits per heavy atom. The Balaban J connectivity index is 2.16. The maximum absolute atomic E-state index is 12.1. The minimum atomic E-state index is -3.75. The van der Waals surface area contributed by atoms with Crippen molar-refractivity contribution in [2.24, 2.45) is 5.10 Å². The van der Waals surface area contributed by atoms with E-state index in [0.29, 0.717) is 22.9 Å². The molecule has 0 aliphatic carbocycles. The molecule has 128 valence electrons. The van der Waals surface area contributed by atoms with Crippen LogP contribution in [0.1, 0.15) is 18.9 Å². The number of hydrogen-bond acceptors (Lipinski definition) is 4. The van der Waals surface area contributed by atoms with Crippen LogP contribution in [-0.4, -0.2) is 21.2 Å². The fourth-order valence-electron chi connectivity index (χ4n) is 1.80. The first-order valence-electron chi connectivity index (χ1n) is 7.15. The molecule has 0 aromatic heterocycles. The molecular formula is C16H16BrClN2O3S. The van der Waals surface area contributed by atoms with Gasteiger partial charge in [0.05, 0.1) is 17.7 Å². The number of ether oxygens (including phenoxy) is 1. The molecule has 0 aliphatic heterocycles. The Bertz CT molecular complexity index is 824. The number of hydrogen-bond donors (Lipinski definition) is 1. The van der Waals surface area contributed by atoms with Crippen LogP contribution in [0.15, 0.2) is 56.9 Å². The summed E-state index contributed by atoms with van der Waals surface area (Å²) < 4.78 is 30.8. The third kappa shape index (κ3) is 5.22. The van der Waals surface area contributed by atoms with E-state index in [9.17, 15) is 8.42 Å². The molecule has 2 aromatic rings. The number of nitrogens with one attached hydrogen (secondary N) is 1. The Hall–Kier alpha value is -1.57. The van der Waals surface area contributed by atoms with Gasteiger partial charge in [-0.3, -0.25) is 0 Å². The molecule has 1 N–H and O–H groups in total. The summed E-state index contributed by atoms with van der Waals surface area (Å²) in [5.41, 5.74) is 0.664. The minimum Gasteiger partial charge on any atom is -0.493 e. The first-order valence-corrected chi connectivity index (χ1v) is 9.80. The summed E-state index contributed by atoms with van der Waals surface area (Å²) >= 11 is 9.13. The molecule has 0 amide bonds. The maximum Gasteiger partial charge on any atom is 0.276 e. The van der Waals surface area contributed by atoms with E-state index in [1.165, 1.54) is 30.5 Å². The van der Waals surface area contributed by atoms with Crippen LogP contribution in [0.3, 0.4) is 0 Å². The Kier molecular flexibility index (Phi) is 6.65. The highest BCUT2D eigenvalue weighted by atomic mass is 79.9. The van der Waals surface area contributed by atoms with Crippen molar-refractivity contribution in [3.05, 3.63) is 57.5 Å². The average molecular weight is 432 g/mol. The van der Waals surface area contributed by atoms with E-state index in [1.807, 2.05) is 13.0 Å². The van der Waals surface area contributed by atoms with E-state index in [1.54, 1.807) is 12.1 Å². The van der Waals surface area contributed by atoms with Crippen molar-refractivity contribution in [2.75, 3.05) is 6.61 Å². The molecule has 24 heavy (non-hydrogen) atoms. The van der Waals surface area contributed by atoms with Gasteiger partial charge in [0.25, 0.3) is 10.0 Å². The van der Waals surface area contributed by atoms with E-state index < -0.39 is 10.0 Å². The Morgan fingerprint density at radius 3 is 2.62 bits per heavy atom. The minimum absolute atomic E-state index is 0.0840. The van der Waals surface area contributed by atoms with Crippen LogP contribution in [0.5, 0.6) is 5.75 Å². The molecule has 2 rings (SSSR count). The van der Waals surface area contributed by atoms with Gasteiger partial charge in [-0.25, -0.2) is 4.83 Å². The lowest BCUT2D eigenvalue weighted by molar-refractivity contribution is 0.317. The number of rotatable bonds is 7. The highest BCUT2D eigenvalue weighted by Gasteiger charge is 2.12. The first-order chi connectivity index (χ1) is 11.4. The molecule has 0 unspecified atom stereocenters. The molecule has 8 heteroatoms. The summed E-state index contributed by atoms with van der Waals surface area (Å²) in [6.07, 6.45) is 2.28. The van der Waals surface area contributed by atoms with Gasteiger partial charge < -0.3 is 4.74 Å². The monoisotopic (exact) mass is 430 g/mol. The highest BCUT2D eigenvalue weighted by molar-refractivity contribution is 9.10. The van der Waals surface area contributed by atoms with Gasteiger partial charge in [-0.2, -0.15) is 13.5 Å². The molecule has 0 fully saturated rings. The number of benzene rings is 2. The quantitative estimate of drug-likeness (QED) is 0.527. The van der Waals surface area contributed by atoms with E-state index in [-0.39, 0.29) is 4.90 Å². The lowest BCUT2D eigenvalue weighted by atomic mass is 10.2. The normalized spacial score (nSPS) is 11.6. The van der Waals surface area contributed by atoms with E-state index in [2.05, 4.69) is 25.9 Å². The SMILES string of the molecule is CCCOc1ccc(Br)cc1/C=N/NS(=O)(=O)c1ccc(Cl)cc1. The summed E-state index contributed by atoms with van der Waals surface area (Å²) in [5.74, 6) is 0.634. The second-order valence-electron chi connectivity index (χ2n) is 4.84. The smallest absolute Gasteiger partial charge is 0.276 e. The van der Waals surface area contributed by atoms with Crippen molar-refractivity contribution in [3.63, 3.8) is 0 Å². The molecule has 0 bridgehead atoms. The predicted molar refractivity (Wildman–Crippen MR) is 99.3 cm³/mol. The fraction of sp³-hybridized carbons (Fsp3) is 0.188. The van der Waals surface area contributed by atoms with Gasteiger partial charge in [-0.05, 0) is 48.9 Å². The maximum atomic E-state index is 12.1. The second kappa shape index (κ2) is 8.50. The molecule has 0 atom stereocenters. The van der Waals surface area contributed by atoms with Gasteiger partial charge in [-0.1, -0.05) is 34.5 Å². The van der Waals surface area contributed by atoms with Crippen LogP contribution < -0.4 is 9.57 Å². The summed E-state index contributed by atoms with van der Waals surface area (Å²) in [6.45, 7) is 2.58. The number of sulfonamides is 1. The van der Waals surface area contributed by atoms with Gasteiger partial charge in [0.2, 0.25) is 0 Å². The van der Waals surface area contributed by atoms with Crippen LogP contribution in [0.4, 0.5) is 0 Å². The van der Waals surface area contributed by atoms with Crippen LogP contribution in [0.25, 0.3) is 0 Å². The molecule has 2 aromatic carbocycles. The molecule has 0 heterocycles. The molecule has 0 spiro atoms. The van der Waals surface area contributed by atoms with Gasteiger partial charge in [0.1, 0.15) is 5.75 Å². The largest absolute Gasteiger partial charge is 0.493 e. The third-order valence-electron chi connectivity index (χ3n) is 2.93. The zero-order valence-corrected chi connectivity index (χ0v) is 16.0. The third-order valence-corrected chi connectivity index (χ3v) is 4.92. The number of nitrogens with zero attached hydrogens (tertiary/aromatic N) is 1. The van der Waals surface area contributed by atoms with Crippen molar-refractivity contribution < 1.29 is 13.2 Å². The fourth-order valence-corrected chi connectivity index (χ4v) is 3.09. The van der Waals surface area contributed by atoms with Crippen LogP contribution >= 0.6 is 27.5 Å².